The van der Waals surface area contributed by atoms with Gasteiger partial charge in [-0.1, -0.05) is 18.7 Å². The van der Waals surface area contributed by atoms with E-state index in [1.807, 2.05) is 12.3 Å². The van der Waals surface area contributed by atoms with Crippen LogP contribution in [0, 0.1) is 5.92 Å². The number of carboxylic acid groups (broad SMARTS) is 1. The summed E-state index contributed by atoms with van der Waals surface area (Å²) in [6, 6.07) is 0. The van der Waals surface area contributed by atoms with Gasteiger partial charge in [0.05, 0.1) is 0 Å². The predicted octanol–water partition coefficient (Wildman–Crippen LogP) is 2.49. The van der Waals surface area contributed by atoms with Crippen molar-refractivity contribution in [3.05, 3.63) is 46.9 Å². The van der Waals surface area contributed by atoms with Gasteiger partial charge in [-0.2, -0.15) is 5.90 Å². The van der Waals surface area contributed by atoms with Crippen LogP contribution in [0.25, 0.3) is 0 Å². The molecule has 1 atom stereocenters. The minimum atomic E-state index is -1.08. The molecule has 1 aliphatic carbocycles. The Hall–Kier alpha value is -2.14. The monoisotopic (exact) mass is 274 g/mol. The minimum absolute atomic E-state index is 0.0404. The smallest absolute Gasteiger partial charge is 0.339 e. The normalized spacial score (nSPS) is 22.2. The number of carboxylic acids is 1. The molecule has 20 heavy (non-hydrogen) atoms. The fourth-order valence-corrected chi connectivity index (χ4v) is 2.60. The Morgan fingerprint density at radius 1 is 1.60 bits per heavy atom. The number of nitrogens with two attached hydrogens (primary N) is 1. The van der Waals surface area contributed by atoms with E-state index in [2.05, 4.69) is 22.5 Å². The number of aliphatic carboxylic acids is 1. The molecule has 3 N–H and O–H groups in total. The molecule has 0 amide bonds. The number of carbonyl (C=O) groups is 1. The zero-order valence-corrected chi connectivity index (χ0v) is 11.4. The fraction of sp³-hybridized carbons (Fsp3) is 0.333. The number of hydrogen-bond donors (Lipinski definition) is 2. The number of hydrogen-bond acceptors (Lipinski definition) is 4. The van der Waals surface area contributed by atoms with Crippen molar-refractivity contribution in [3.63, 3.8) is 0 Å². The standard InChI is InChI=1S/C15H18N2O3/c1-9(14(15(18)19)10(2)20-16)11-7-8-17-13-6-4-3-5-12(11)13/h3,5,8,11H,1,4,6-7,16H2,2H3,(H,18,19)/b14-10+. The minimum Gasteiger partial charge on any atom is -0.478 e. The summed E-state index contributed by atoms with van der Waals surface area (Å²) >= 11 is 0. The largest absolute Gasteiger partial charge is 0.478 e. The van der Waals surface area contributed by atoms with Gasteiger partial charge in [0.25, 0.3) is 0 Å². The summed E-state index contributed by atoms with van der Waals surface area (Å²) in [5.41, 5.74) is 2.61. The van der Waals surface area contributed by atoms with Gasteiger partial charge in [0, 0.05) is 17.8 Å². The van der Waals surface area contributed by atoms with Crippen LogP contribution in [0.3, 0.4) is 0 Å². The van der Waals surface area contributed by atoms with Crippen LogP contribution in [0.1, 0.15) is 26.2 Å². The van der Waals surface area contributed by atoms with Gasteiger partial charge in [-0.25, -0.2) is 4.79 Å². The lowest BCUT2D eigenvalue weighted by atomic mass is 9.80. The molecule has 1 aliphatic heterocycles. The second-order valence-corrected chi connectivity index (χ2v) is 4.82. The van der Waals surface area contributed by atoms with Crippen LogP contribution in [0.2, 0.25) is 0 Å². The van der Waals surface area contributed by atoms with Gasteiger partial charge in [0.1, 0.15) is 11.3 Å². The van der Waals surface area contributed by atoms with Crippen LogP contribution in [0.5, 0.6) is 0 Å². The fourth-order valence-electron chi connectivity index (χ4n) is 2.60. The molecule has 0 saturated heterocycles. The summed E-state index contributed by atoms with van der Waals surface area (Å²) in [7, 11) is 0. The third-order valence-corrected chi connectivity index (χ3v) is 3.63. The average Bonchev–Trinajstić information content (AvgIpc) is 2.46. The summed E-state index contributed by atoms with van der Waals surface area (Å²) in [6.07, 6.45) is 8.40. The van der Waals surface area contributed by atoms with E-state index in [4.69, 9.17) is 5.90 Å². The van der Waals surface area contributed by atoms with Gasteiger partial charge >= 0.3 is 5.97 Å². The third kappa shape index (κ3) is 2.58. The zero-order chi connectivity index (χ0) is 14.7. The molecule has 0 fully saturated rings. The quantitative estimate of drug-likeness (QED) is 0.357. The van der Waals surface area contributed by atoms with Crippen molar-refractivity contribution in [3.8, 4) is 0 Å². The number of aliphatic imine (C=N–C) groups is 1. The predicted molar refractivity (Wildman–Crippen MR) is 76.7 cm³/mol. The first-order valence-electron chi connectivity index (χ1n) is 6.48. The summed E-state index contributed by atoms with van der Waals surface area (Å²) < 4.78 is 0. The topological polar surface area (TPSA) is 84.9 Å². The van der Waals surface area contributed by atoms with E-state index in [1.54, 1.807) is 0 Å². The highest BCUT2D eigenvalue weighted by Crippen LogP contribution is 2.37. The van der Waals surface area contributed by atoms with E-state index in [0.29, 0.717) is 12.0 Å². The first kappa shape index (κ1) is 14.3. The van der Waals surface area contributed by atoms with Gasteiger partial charge in [-0.05, 0) is 37.3 Å². The first-order chi connectivity index (χ1) is 9.56. The maximum atomic E-state index is 11.4. The molecular formula is C15H18N2O3. The van der Waals surface area contributed by atoms with Crippen molar-refractivity contribution >= 4 is 12.2 Å². The third-order valence-electron chi connectivity index (χ3n) is 3.63. The molecule has 106 valence electrons. The molecular weight excluding hydrogens is 256 g/mol. The van der Waals surface area contributed by atoms with Crippen molar-refractivity contribution in [1.82, 2.24) is 0 Å². The summed E-state index contributed by atoms with van der Waals surface area (Å²) in [6.45, 7) is 5.48. The highest BCUT2D eigenvalue weighted by molar-refractivity contribution is 5.92. The van der Waals surface area contributed by atoms with Crippen LogP contribution < -0.4 is 5.90 Å². The van der Waals surface area contributed by atoms with Crippen molar-refractivity contribution < 1.29 is 14.7 Å². The van der Waals surface area contributed by atoms with Gasteiger partial charge in [-0.15, -0.1) is 0 Å². The van der Waals surface area contributed by atoms with Gasteiger partial charge in [0.15, 0.2) is 0 Å². The number of allylic oxidation sites excluding steroid dienone is 5. The van der Waals surface area contributed by atoms with Crippen molar-refractivity contribution in [1.29, 1.82) is 0 Å². The lowest BCUT2D eigenvalue weighted by Crippen LogP contribution is -2.20. The number of nitrogens with zero attached hydrogens (tertiary/aromatic N) is 1. The van der Waals surface area contributed by atoms with Crippen molar-refractivity contribution in [2.24, 2.45) is 16.8 Å². The molecule has 0 bridgehead atoms. The molecule has 0 spiro atoms. The summed E-state index contributed by atoms with van der Waals surface area (Å²) in [4.78, 5) is 20.4. The Morgan fingerprint density at radius 3 is 3.00 bits per heavy atom. The van der Waals surface area contributed by atoms with Crippen LogP contribution in [-0.2, 0) is 9.63 Å². The summed E-state index contributed by atoms with van der Waals surface area (Å²) in [5.74, 6) is 4.09. The second-order valence-electron chi connectivity index (χ2n) is 4.82. The molecule has 0 saturated carbocycles. The molecule has 2 aliphatic rings. The Labute approximate surface area is 117 Å². The SMILES string of the molecule is C=C(/C(C(=O)O)=C(/C)ON)C1CC=NC2=C1C=CCC2. The van der Waals surface area contributed by atoms with E-state index in [-0.39, 0.29) is 17.3 Å². The van der Waals surface area contributed by atoms with Crippen LogP contribution in [0.15, 0.2) is 51.9 Å². The molecule has 2 rings (SSSR count). The maximum absolute atomic E-state index is 11.4. The van der Waals surface area contributed by atoms with E-state index >= 15 is 0 Å². The molecule has 5 nitrogen and oxygen atoms in total. The van der Waals surface area contributed by atoms with Gasteiger partial charge in [-0.3, -0.25) is 4.99 Å². The highest BCUT2D eigenvalue weighted by Gasteiger charge is 2.29. The lowest BCUT2D eigenvalue weighted by Gasteiger charge is -2.27. The molecule has 0 aromatic heterocycles. The van der Waals surface area contributed by atoms with Gasteiger partial charge in [0.2, 0.25) is 0 Å². The molecule has 5 heteroatoms. The number of rotatable bonds is 4. The molecule has 0 radical (unpaired) electrons. The van der Waals surface area contributed by atoms with Crippen LogP contribution in [0.4, 0.5) is 0 Å². The molecule has 0 aromatic carbocycles. The Bertz CT molecular complexity index is 568. The molecule has 1 heterocycles. The highest BCUT2D eigenvalue weighted by atomic mass is 16.6. The Balaban J connectivity index is 2.38. The van der Waals surface area contributed by atoms with Crippen LogP contribution in [-0.4, -0.2) is 17.3 Å². The zero-order valence-electron chi connectivity index (χ0n) is 11.4. The summed E-state index contributed by atoms with van der Waals surface area (Å²) in [5, 5.41) is 9.35. The second kappa shape index (κ2) is 5.88. The Kier molecular flexibility index (Phi) is 4.20. The van der Waals surface area contributed by atoms with E-state index in [9.17, 15) is 9.90 Å². The van der Waals surface area contributed by atoms with E-state index < -0.39 is 5.97 Å². The Morgan fingerprint density at radius 2 is 2.35 bits per heavy atom. The molecule has 0 aromatic rings. The van der Waals surface area contributed by atoms with Gasteiger partial charge < -0.3 is 9.94 Å². The van der Waals surface area contributed by atoms with Crippen molar-refractivity contribution in [2.45, 2.75) is 26.2 Å². The van der Waals surface area contributed by atoms with E-state index in [0.717, 1.165) is 24.1 Å². The van der Waals surface area contributed by atoms with Crippen LogP contribution >= 0.6 is 0 Å². The molecule has 1 unspecified atom stereocenters. The lowest BCUT2D eigenvalue weighted by molar-refractivity contribution is -0.132. The first-order valence-corrected chi connectivity index (χ1v) is 6.48. The average molecular weight is 274 g/mol. The van der Waals surface area contributed by atoms with E-state index in [1.165, 1.54) is 6.92 Å². The maximum Gasteiger partial charge on any atom is 0.339 e. The van der Waals surface area contributed by atoms with Crippen molar-refractivity contribution in [2.75, 3.05) is 0 Å².